The molecule has 1 heterocycles. The van der Waals surface area contributed by atoms with E-state index in [4.69, 9.17) is 4.74 Å². The normalized spacial score (nSPS) is 15.8. The van der Waals surface area contributed by atoms with Gasteiger partial charge in [-0.1, -0.05) is 18.2 Å². The van der Waals surface area contributed by atoms with Crippen LogP contribution in [0.3, 0.4) is 0 Å². The molecule has 1 aliphatic heterocycles. The maximum absolute atomic E-state index is 14.0. The van der Waals surface area contributed by atoms with Crippen molar-refractivity contribution in [1.29, 1.82) is 0 Å². The summed E-state index contributed by atoms with van der Waals surface area (Å²) in [4.78, 5) is 26.3. The zero-order chi connectivity index (χ0) is 18.4. The molecule has 0 aliphatic carbocycles. The van der Waals surface area contributed by atoms with Gasteiger partial charge in [0.1, 0.15) is 11.4 Å². The van der Waals surface area contributed by atoms with Crippen LogP contribution >= 0.6 is 0 Å². The number of hydrogen-bond donors (Lipinski definition) is 1. The molecule has 1 saturated heterocycles. The number of hydrogen-bond acceptors (Lipinski definition) is 3. The minimum absolute atomic E-state index is 0.0186. The predicted octanol–water partition coefficient (Wildman–Crippen LogP) is 3.27. The van der Waals surface area contributed by atoms with Crippen LogP contribution in [-0.4, -0.2) is 41.6 Å². The minimum atomic E-state index is -0.633. The number of nitrogens with zero attached hydrogens (tertiary/aromatic N) is 1. The van der Waals surface area contributed by atoms with E-state index in [-0.39, 0.29) is 24.6 Å². The quantitative estimate of drug-likeness (QED) is 0.887. The summed E-state index contributed by atoms with van der Waals surface area (Å²) in [7, 11) is 0. The largest absolute Gasteiger partial charge is 0.444 e. The van der Waals surface area contributed by atoms with Gasteiger partial charge in [0.2, 0.25) is 5.91 Å². The Bertz CT molecular complexity index is 607. The molecule has 1 atom stereocenters. The van der Waals surface area contributed by atoms with Crippen LogP contribution in [0.1, 0.15) is 45.6 Å². The summed E-state index contributed by atoms with van der Waals surface area (Å²) >= 11 is 0. The van der Waals surface area contributed by atoms with Crippen molar-refractivity contribution in [2.24, 2.45) is 0 Å². The van der Waals surface area contributed by atoms with Crippen LogP contribution < -0.4 is 5.32 Å². The Hall–Kier alpha value is -2.11. The molecule has 0 bridgehead atoms. The Balaban J connectivity index is 2.05. The van der Waals surface area contributed by atoms with E-state index in [1.54, 1.807) is 43.9 Å². The lowest BCUT2D eigenvalue weighted by Crippen LogP contribution is -2.43. The van der Waals surface area contributed by atoms with Crippen molar-refractivity contribution in [3.05, 3.63) is 35.6 Å². The first-order chi connectivity index (χ1) is 11.7. The molecule has 0 radical (unpaired) electrons. The molecule has 0 saturated carbocycles. The highest BCUT2D eigenvalue weighted by molar-refractivity contribution is 5.78. The van der Waals surface area contributed by atoms with Crippen molar-refractivity contribution in [3.63, 3.8) is 0 Å². The second kappa shape index (κ2) is 8.32. The summed E-state index contributed by atoms with van der Waals surface area (Å²) in [5.74, 6) is -0.359. The van der Waals surface area contributed by atoms with Gasteiger partial charge in [-0.3, -0.25) is 4.79 Å². The van der Waals surface area contributed by atoms with Crippen LogP contribution in [0.15, 0.2) is 24.3 Å². The van der Waals surface area contributed by atoms with E-state index >= 15 is 0 Å². The monoisotopic (exact) mass is 350 g/mol. The summed E-state index contributed by atoms with van der Waals surface area (Å²) in [6.07, 6.45) is 1.79. The van der Waals surface area contributed by atoms with E-state index in [2.05, 4.69) is 5.32 Å². The second-order valence-electron chi connectivity index (χ2n) is 7.43. The maximum Gasteiger partial charge on any atom is 0.407 e. The Morgan fingerprint density at radius 3 is 2.48 bits per heavy atom. The van der Waals surface area contributed by atoms with Crippen LogP contribution in [-0.2, 0) is 16.0 Å². The van der Waals surface area contributed by atoms with Gasteiger partial charge in [0, 0.05) is 25.6 Å². The first-order valence-electron chi connectivity index (χ1n) is 8.75. The fraction of sp³-hybridized carbons (Fsp3) is 0.579. The molecule has 2 rings (SSSR count). The number of likely N-dealkylation sites (tertiary alicyclic amines) is 1. The number of ether oxygens (including phenoxy) is 1. The van der Waals surface area contributed by atoms with Crippen LogP contribution in [0, 0.1) is 5.82 Å². The van der Waals surface area contributed by atoms with E-state index < -0.39 is 17.7 Å². The van der Waals surface area contributed by atoms with Crippen molar-refractivity contribution in [1.82, 2.24) is 10.2 Å². The van der Waals surface area contributed by atoms with Crippen LogP contribution in [0.5, 0.6) is 0 Å². The number of carbonyl (C=O) groups is 2. The molecule has 5 nitrogen and oxygen atoms in total. The highest BCUT2D eigenvalue weighted by atomic mass is 19.1. The van der Waals surface area contributed by atoms with E-state index in [1.165, 1.54) is 6.07 Å². The van der Waals surface area contributed by atoms with Gasteiger partial charge in [-0.25, -0.2) is 9.18 Å². The third-order valence-corrected chi connectivity index (χ3v) is 4.02. The van der Waals surface area contributed by atoms with Crippen molar-refractivity contribution in [2.75, 3.05) is 13.1 Å². The molecule has 2 amide bonds. The van der Waals surface area contributed by atoms with Gasteiger partial charge < -0.3 is 15.0 Å². The van der Waals surface area contributed by atoms with Gasteiger partial charge in [-0.15, -0.1) is 0 Å². The maximum atomic E-state index is 14.0. The van der Waals surface area contributed by atoms with Crippen LogP contribution in [0.25, 0.3) is 0 Å². The number of halogens is 1. The molecule has 6 heteroatoms. The molecule has 0 spiro atoms. The zero-order valence-corrected chi connectivity index (χ0v) is 15.2. The highest BCUT2D eigenvalue weighted by Crippen LogP contribution is 2.15. The van der Waals surface area contributed by atoms with Crippen molar-refractivity contribution >= 4 is 12.0 Å². The third-order valence-electron chi connectivity index (χ3n) is 4.02. The molecule has 1 aliphatic rings. The lowest BCUT2D eigenvalue weighted by molar-refractivity contribution is -0.130. The first kappa shape index (κ1) is 19.2. The van der Waals surface area contributed by atoms with Crippen molar-refractivity contribution < 1.29 is 18.7 Å². The Kier molecular flexibility index (Phi) is 6.39. The SMILES string of the molecule is CC(C)(C)OC(=O)NC(CC(=O)N1CCCC1)Cc1ccccc1F. The Morgan fingerprint density at radius 1 is 1.24 bits per heavy atom. The van der Waals surface area contributed by atoms with E-state index in [0.29, 0.717) is 5.56 Å². The van der Waals surface area contributed by atoms with Gasteiger partial charge in [0.25, 0.3) is 0 Å². The number of carbonyl (C=O) groups excluding carboxylic acids is 2. The molecule has 1 unspecified atom stereocenters. The molecular weight excluding hydrogens is 323 g/mol. The standard InChI is InChI=1S/C19H27FN2O3/c1-19(2,3)25-18(24)21-15(12-14-8-4-5-9-16(14)20)13-17(23)22-10-6-7-11-22/h4-5,8-9,15H,6-7,10-13H2,1-3H3,(H,21,24). The average molecular weight is 350 g/mol. The minimum Gasteiger partial charge on any atom is -0.444 e. The lowest BCUT2D eigenvalue weighted by Gasteiger charge is -2.25. The molecule has 1 aromatic carbocycles. The molecule has 138 valence electrons. The molecular formula is C19H27FN2O3. The summed E-state index contributed by atoms with van der Waals surface area (Å²) in [6.45, 7) is 6.81. The molecule has 1 N–H and O–H groups in total. The Labute approximate surface area is 148 Å². The fourth-order valence-electron chi connectivity index (χ4n) is 2.88. The zero-order valence-electron chi connectivity index (χ0n) is 15.2. The summed E-state index contributed by atoms with van der Waals surface area (Å²) in [6, 6.07) is 5.89. The van der Waals surface area contributed by atoms with Gasteiger partial charge >= 0.3 is 6.09 Å². The van der Waals surface area contributed by atoms with Crippen LogP contribution in [0.2, 0.25) is 0 Å². The van der Waals surface area contributed by atoms with Gasteiger partial charge in [0.15, 0.2) is 0 Å². The lowest BCUT2D eigenvalue weighted by atomic mass is 10.0. The first-order valence-corrected chi connectivity index (χ1v) is 8.75. The van der Waals surface area contributed by atoms with Gasteiger partial charge in [0.05, 0.1) is 0 Å². The van der Waals surface area contributed by atoms with Crippen molar-refractivity contribution in [2.45, 2.75) is 58.1 Å². The van der Waals surface area contributed by atoms with E-state index in [9.17, 15) is 14.0 Å². The molecule has 1 aromatic rings. The Morgan fingerprint density at radius 2 is 1.88 bits per heavy atom. The van der Waals surface area contributed by atoms with E-state index in [1.807, 2.05) is 0 Å². The fourth-order valence-corrected chi connectivity index (χ4v) is 2.88. The predicted molar refractivity (Wildman–Crippen MR) is 93.7 cm³/mol. The summed E-state index contributed by atoms with van der Waals surface area (Å²) in [5, 5.41) is 2.73. The topological polar surface area (TPSA) is 58.6 Å². The van der Waals surface area contributed by atoms with E-state index in [0.717, 1.165) is 25.9 Å². The van der Waals surface area contributed by atoms with Gasteiger partial charge in [-0.2, -0.15) is 0 Å². The van der Waals surface area contributed by atoms with Crippen molar-refractivity contribution in [3.8, 4) is 0 Å². The number of amides is 2. The van der Waals surface area contributed by atoms with Crippen LogP contribution in [0.4, 0.5) is 9.18 Å². The molecule has 25 heavy (non-hydrogen) atoms. The number of benzene rings is 1. The second-order valence-corrected chi connectivity index (χ2v) is 7.43. The number of nitrogens with one attached hydrogen (secondary N) is 1. The van der Waals surface area contributed by atoms with Gasteiger partial charge in [-0.05, 0) is 51.7 Å². The summed E-state index contributed by atoms with van der Waals surface area (Å²) in [5.41, 5.74) is -0.163. The summed E-state index contributed by atoms with van der Waals surface area (Å²) < 4.78 is 19.2. The average Bonchev–Trinajstić information content (AvgIpc) is 3.01. The molecule has 0 aromatic heterocycles. The number of alkyl carbamates (subject to hydrolysis) is 1. The number of rotatable bonds is 5. The molecule has 1 fully saturated rings. The smallest absolute Gasteiger partial charge is 0.407 e. The highest BCUT2D eigenvalue weighted by Gasteiger charge is 2.25. The third kappa shape index (κ3) is 6.36.